The Kier molecular flexibility index (Phi) is 3.80. The van der Waals surface area contributed by atoms with E-state index in [-0.39, 0.29) is 0 Å². The first kappa shape index (κ1) is 11.4. The zero-order valence-corrected chi connectivity index (χ0v) is 10.8. The minimum Gasteiger partial charge on any atom is -0.245 e. The molecule has 0 atom stereocenters. The Morgan fingerprint density at radius 2 is 2.00 bits per heavy atom. The van der Waals surface area contributed by atoms with Crippen molar-refractivity contribution in [1.82, 2.24) is 4.98 Å². The van der Waals surface area contributed by atoms with Crippen LogP contribution in [0.4, 0.5) is 5.82 Å². The summed E-state index contributed by atoms with van der Waals surface area (Å²) >= 11 is 2.22. The molecule has 1 rings (SSSR count). The van der Waals surface area contributed by atoms with Gasteiger partial charge in [0.05, 0.1) is 0 Å². The Balaban J connectivity index is 3.52. The molecule has 0 aliphatic carbocycles. The fourth-order valence-electron chi connectivity index (χ4n) is 1.25. The molecule has 0 saturated carbocycles. The smallest absolute Gasteiger partial charge is 0.159 e. The normalized spacial score (nSPS) is 10.9. The third kappa shape index (κ3) is 2.03. The molecule has 1 heterocycles. The second-order valence-electron chi connectivity index (χ2n) is 3.05. The van der Waals surface area contributed by atoms with Crippen LogP contribution in [0.15, 0.2) is 11.1 Å². The van der Waals surface area contributed by atoms with Gasteiger partial charge in [-0.1, -0.05) is 12.2 Å². The summed E-state index contributed by atoms with van der Waals surface area (Å²) in [6.07, 6.45) is 4.01. The van der Waals surface area contributed by atoms with Gasteiger partial charge >= 0.3 is 0 Å². The average molecular weight is 300 g/mol. The molecule has 0 fully saturated rings. The first-order valence-corrected chi connectivity index (χ1v) is 5.45. The van der Waals surface area contributed by atoms with Gasteiger partial charge < -0.3 is 0 Å². The first-order valence-electron chi connectivity index (χ1n) is 4.38. The number of aromatic nitrogens is 1. The lowest BCUT2D eigenvalue weighted by atomic mass is 10.1. The summed E-state index contributed by atoms with van der Waals surface area (Å²) in [6, 6.07) is 0. The van der Waals surface area contributed by atoms with Gasteiger partial charge in [-0.15, -0.1) is 0 Å². The number of hydrogen-bond donors (Lipinski definition) is 0. The van der Waals surface area contributed by atoms with Crippen molar-refractivity contribution >= 4 is 41.2 Å². The van der Waals surface area contributed by atoms with Crippen LogP contribution < -0.4 is 0 Å². The maximum absolute atomic E-state index is 4.38. The standard InChI is InChI=1S/C11H13IN2/c1-5-6-9-7(2)8(3)10(12)14-11(9)13-4/h5-6H,4H2,1-3H3/b6-5-. The van der Waals surface area contributed by atoms with Crippen molar-refractivity contribution in [2.24, 2.45) is 4.99 Å². The monoisotopic (exact) mass is 300 g/mol. The molecule has 0 aliphatic rings. The second kappa shape index (κ2) is 4.68. The van der Waals surface area contributed by atoms with Crippen LogP contribution in [0.3, 0.4) is 0 Å². The lowest BCUT2D eigenvalue weighted by Crippen LogP contribution is -1.95. The van der Waals surface area contributed by atoms with Crippen LogP contribution in [-0.4, -0.2) is 11.7 Å². The number of pyridine rings is 1. The summed E-state index contributed by atoms with van der Waals surface area (Å²) in [7, 11) is 0. The second-order valence-corrected chi connectivity index (χ2v) is 4.07. The minimum atomic E-state index is 0.718. The number of hydrogen-bond acceptors (Lipinski definition) is 2. The highest BCUT2D eigenvalue weighted by Gasteiger charge is 2.09. The maximum atomic E-state index is 4.38. The van der Waals surface area contributed by atoms with Crippen molar-refractivity contribution in [3.63, 3.8) is 0 Å². The van der Waals surface area contributed by atoms with Gasteiger partial charge in [0.15, 0.2) is 5.82 Å². The molecule has 0 radical (unpaired) electrons. The first-order chi connectivity index (χ1) is 6.61. The van der Waals surface area contributed by atoms with E-state index in [1.165, 1.54) is 11.1 Å². The summed E-state index contributed by atoms with van der Waals surface area (Å²) in [5, 5.41) is 0. The van der Waals surface area contributed by atoms with Crippen LogP contribution in [0.5, 0.6) is 0 Å². The van der Waals surface area contributed by atoms with E-state index in [9.17, 15) is 0 Å². The Morgan fingerprint density at radius 1 is 1.36 bits per heavy atom. The summed E-state index contributed by atoms with van der Waals surface area (Å²) in [5.41, 5.74) is 3.51. The van der Waals surface area contributed by atoms with Crippen LogP contribution in [0.1, 0.15) is 23.6 Å². The van der Waals surface area contributed by atoms with Gasteiger partial charge in [-0.3, -0.25) is 0 Å². The molecule has 0 aromatic carbocycles. The zero-order valence-electron chi connectivity index (χ0n) is 8.63. The van der Waals surface area contributed by atoms with E-state index in [1.54, 1.807) is 0 Å². The van der Waals surface area contributed by atoms with Crippen LogP contribution in [0, 0.1) is 17.5 Å². The molecular weight excluding hydrogens is 287 g/mol. The average Bonchev–Trinajstić information content (AvgIpc) is 2.19. The van der Waals surface area contributed by atoms with Gasteiger partial charge in [0.1, 0.15) is 3.70 Å². The summed E-state index contributed by atoms with van der Waals surface area (Å²) in [5.74, 6) is 0.718. The quantitative estimate of drug-likeness (QED) is 0.465. The van der Waals surface area contributed by atoms with Crippen LogP contribution in [0.25, 0.3) is 6.08 Å². The highest BCUT2D eigenvalue weighted by Crippen LogP contribution is 2.26. The molecule has 0 unspecified atom stereocenters. The predicted octanol–water partition coefficient (Wildman–Crippen LogP) is 3.67. The molecule has 0 N–H and O–H groups in total. The van der Waals surface area contributed by atoms with Gasteiger partial charge in [-0.25, -0.2) is 9.98 Å². The van der Waals surface area contributed by atoms with Gasteiger partial charge in [0.25, 0.3) is 0 Å². The van der Waals surface area contributed by atoms with E-state index < -0.39 is 0 Å². The van der Waals surface area contributed by atoms with Crippen molar-refractivity contribution in [3.05, 3.63) is 26.5 Å². The third-order valence-electron chi connectivity index (χ3n) is 2.20. The number of aliphatic imine (C=N–C) groups is 1. The molecule has 0 aliphatic heterocycles. The molecular formula is C11H13IN2. The fourth-order valence-corrected chi connectivity index (χ4v) is 1.88. The number of halogens is 1. The van der Waals surface area contributed by atoms with Crippen LogP contribution >= 0.6 is 22.6 Å². The van der Waals surface area contributed by atoms with Crippen molar-refractivity contribution in [2.75, 3.05) is 0 Å². The highest BCUT2D eigenvalue weighted by molar-refractivity contribution is 14.1. The van der Waals surface area contributed by atoms with Crippen LogP contribution in [-0.2, 0) is 0 Å². The molecule has 1 aromatic rings. The largest absolute Gasteiger partial charge is 0.245 e. The lowest BCUT2D eigenvalue weighted by Gasteiger charge is -2.09. The molecule has 2 nitrogen and oxygen atoms in total. The van der Waals surface area contributed by atoms with Crippen molar-refractivity contribution in [3.8, 4) is 0 Å². The van der Waals surface area contributed by atoms with Crippen molar-refractivity contribution < 1.29 is 0 Å². The fraction of sp³-hybridized carbons (Fsp3) is 0.273. The Labute approximate surface area is 98.3 Å². The van der Waals surface area contributed by atoms with Gasteiger partial charge in [-0.2, -0.15) is 0 Å². The van der Waals surface area contributed by atoms with Crippen LogP contribution in [0.2, 0.25) is 0 Å². The third-order valence-corrected chi connectivity index (χ3v) is 3.25. The highest BCUT2D eigenvalue weighted by atomic mass is 127. The minimum absolute atomic E-state index is 0.718. The van der Waals surface area contributed by atoms with E-state index in [2.05, 4.69) is 53.1 Å². The van der Waals surface area contributed by atoms with Gasteiger partial charge in [0.2, 0.25) is 0 Å². The van der Waals surface area contributed by atoms with E-state index in [4.69, 9.17) is 0 Å². The van der Waals surface area contributed by atoms with E-state index in [0.29, 0.717) is 0 Å². The molecule has 0 saturated heterocycles. The molecule has 0 spiro atoms. The molecule has 1 aromatic heterocycles. The van der Waals surface area contributed by atoms with Gasteiger partial charge in [-0.05, 0) is 61.2 Å². The van der Waals surface area contributed by atoms with Crippen molar-refractivity contribution in [2.45, 2.75) is 20.8 Å². The lowest BCUT2D eigenvalue weighted by molar-refractivity contribution is 1.14. The van der Waals surface area contributed by atoms with E-state index in [1.807, 2.05) is 19.1 Å². The molecule has 0 bridgehead atoms. The Morgan fingerprint density at radius 3 is 2.50 bits per heavy atom. The Bertz CT molecular complexity index is 395. The number of nitrogens with zero attached hydrogens (tertiary/aromatic N) is 2. The summed E-state index contributed by atoms with van der Waals surface area (Å²) in [4.78, 5) is 8.31. The molecule has 14 heavy (non-hydrogen) atoms. The van der Waals surface area contributed by atoms with E-state index >= 15 is 0 Å². The van der Waals surface area contributed by atoms with Crippen molar-refractivity contribution in [1.29, 1.82) is 0 Å². The molecule has 0 amide bonds. The number of allylic oxidation sites excluding steroid dienone is 1. The maximum Gasteiger partial charge on any atom is 0.159 e. The SMILES string of the molecule is C=Nc1nc(I)c(C)c(C)c1/C=C\C. The van der Waals surface area contributed by atoms with Gasteiger partial charge in [0, 0.05) is 5.56 Å². The summed E-state index contributed by atoms with van der Waals surface area (Å²) in [6.45, 7) is 9.68. The number of rotatable bonds is 2. The zero-order chi connectivity index (χ0) is 10.7. The molecule has 74 valence electrons. The summed E-state index contributed by atoms with van der Waals surface area (Å²) < 4.78 is 0.996. The topological polar surface area (TPSA) is 25.2 Å². The Hall–Kier alpha value is -0.710. The predicted molar refractivity (Wildman–Crippen MR) is 70.3 cm³/mol. The molecule has 3 heteroatoms. The van der Waals surface area contributed by atoms with E-state index in [0.717, 1.165) is 15.1 Å².